The summed E-state index contributed by atoms with van der Waals surface area (Å²) < 4.78 is 41.3. The number of hydrogen-bond acceptors (Lipinski definition) is 13. The van der Waals surface area contributed by atoms with Gasteiger partial charge in [0, 0.05) is 24.8 Å². The molecule has 0 saturated heterocycles. The molecule has 18 heteroatoms. The van der Waals surface area contributed by atoms with Gasteiger partial charge in [-0.15, -0.1) is 10.2 Å². The van der Waals surface area contributed by atoms with Gasteiger partial charge in [0.25, 0.3) is 0 Å². The summed E-state index contributed by atoms with van der Waals surface area (Å²) in [6.07, 6.45) is 7.94. The molecule has 0 aromatic carbocycles. The van der Waals surface area contributed by atoms with Crippen molar-refractivity contribution >= 4 is 46.4 Å². The Hall–Kier alpha value is -5.88. The number of hydrogen-bond donors (Lipinski definition) is 1. The molecule has 49 heavy (non-hydrogen) atoms. The Labute approximate surface area is 286 Å². The highest BCUT2D eigenvalue weighted by atomic mass is 32.1. The van der Waals surface area contributed by atoms with Gasteiger partial charge in [0.15, 0.2) is 11.3 Å². The zero-order valence-corrected chi connectivity index (χ0v) is 28.5. The maximum Gasteiger partial charge on any atom is 0.339 e. The molecule has 0 saturated carbocycles. The number of methoxy groups -OCH3 is 1. The average Bonchev–Trinajstić information content (AvgIpc) is 3.72. The predicted molar refractivity (Wildman–Crippen MR) is 177 cm³/mol. The summed E-state index contributed by atoms with van der Waals surface area (Å²) in [5, 5.41) is 17.9. The molecule has 6 heterocycles. The lowest BCUT2D eigenvalue weighted by Crippen LogP contribution is -2.04. The van der Waals surface area contributed by atoms with Crippen molar-refractivity contribution < 1.29 is 36.3 Å². The van der Waals surface area contributed by atoms with Crippen LogP contribution in [-0.2, 0) is 40.7 Å². The molecule has 6 aromatic rings. The summed E-state index contributed by atoms with van der Waals surface area (Å²) in [4.78, 5) is 40.2. The van der Waals surface area contributed by atoms with Gasteiger partial charge in [0.1, 0.15) is 11.4 Å². The van der Waals surface area contributed by atoms with E-state index in [4.69, 9.17) is 26.7 Å². The van der Waals surface area contributed by atoms with Gasteiger partial charge in [0.05, 0.1) is 18.2 Å². The number of aryl methyl sites for hydroxylation is 4. The van der Waals surface area contributed by atoms with E-state index < -0.39 is 35.1 Å². The fourth-order valence-corrected chi connectivity index (χ4v) is 4.48. The van der Waals surface area contributed by atoms with Crippen molar-refractivity contribution in [1.82, 2.24) is 39.2 Å². The Kier molecular flexibility index (Phi) is 13.7. The summed E-state index contributed by atoms with van der Waals surface area (Å²) in [5.41, 5.74) is 7.41. The van der Waals surface area contributed by atoms with E-state index in [1.54, 1.807) is 21.2 Å². The quantitative estimate of drug-likeness (QED) is 0.245. The highest BCUT2D eigenvalue weighted by molar-refractivity contribution is 7.51. The number of rotatable bonds is 6. The van der Waals surface area contributed by atoms with Gasteiger partial charge in [0.2, 0.25) is 11.6 Å². The number of fused-ring (bicyclic) bond motifs is 2. The van der Waals surface area contributed by atoms with E-state index in [2.05, 4.69) is 30.1 Å². The van der Waals surface area contributed by atoms with Gasteiger partial charge in [-0.25, -0.2) is 28.6 Å². The zero-order valence-electron chi connectivity index (χ0n) is 26.9. The molecule has 0 aliphatic heterocycles. The van der Waals surface area contributed by atoms with E-state index in [-0.39, 0.29) is 5.56 Å². The molecular weight excluding hydrogens is 677 g/mol. The normalized spacial score (nSPS) is 10.1. The summed E-state index contributed by atoms with van der Waals surface area (Å²) in [6.45, 7) is 7.95. The number of pyridine rings is 4. The summed E-state index contributed by atoms with van der Waals surface area (Å²) in [6, 6.07) is 11.2. The molecule has 6 rings (SSSR count). The first-order valence-corrected chi connectivity index (χ1v) is 15.7. The molecule has 0 aliphatic carbocycles. The van der Waals surface area contributed by atoms with Crippen LogP contribution in [0.4, 0.5) is 0 Å². The second kappa shape index (κ2) is 17.9. The van der Waals surface area contributed by atoms with Crippen LogP contribution >= 0.6 is 0 Å². The lowest BCUT2D eigenvalue weighted by molar-refractivity contribution is 0.0599. The van der Waals surface area contributed by atoms with Crippen LogP contribution in [0.2, 0.25) is 0 Å². The van der Waals surface area contributed by atoms with Crippen LogP contribution in [0, 0.1) is 13.8 Å². The number of carboxylic acids is 1. The minimum Gasteiger partial charge on any atom is -0.478 e. The number of aromatic carboxylic acids is 1. The van der Waals surface area contributed by atoms with Crippen LogP contribution < -0.4 is 0 Å². The van der Waals surface area contributed by atoms with Crippen molar-refractivity contribution in [3.8, 4) is 23.0 Å². The largest absolute Gasteiger partial charge is 0.478 e. The van der Waals surface area contributed by atoms with E-state index in [9.17, 15) is 9.59 Å². The lowest BCUT2D eigenvalue weighted by atomic mass is 10.1. The average molecular weight is 707 g/mol. The van der Waals surface area contributed by atoms with Gasteiger partial charge >= 0.3 is 35.1 Å². The number of carboxylic acid groups (broad SMARTS) is 1. The maximum absolute atomic E-state index is 11.6. The molecule has 0 unspecified atom stereocenters. The molecule has 6 aromatic heterocycles. The summed E-state index contributed by atoms with van der Waals surface area (Å²) in [7, 11) is 1.36. The highest BCUT2D eigenvalue weighted by Gasteiger charge is 2.16. The molecule has 0 amide bonds. The van der Waals surface area contributed by atoms with Gasteiger partial charge < -0.3 is 9.84 Å². The van der Waals surface area contributed by atoms with Crippen LogP contribution in [0.3, 0.4) is 0 Å². The van der Waals surface area contributed by atoms with Crippen molar-refractivity contribution in [2.45, 2.75) is 40.5 Å². The van der Waals surface area contributed by atoms with E-state index in [1.165, 1.54) is 19.5 Å². The number of ether oxygens (including phenoxy) is 1. The monoisotopic (exact) mass is 706 g/mol. The molecule has 0 atom stereocenters. The number of esters is 1. The topological polar surface area (TPSA) is 218 Å². The molecule has 0 fully saturated rings. The third-order valence-electron chi connectivity index (χ3n) is 6.77. The summed E-state index contributed by atoms with van der Waals surface area (Å²) >= 11 is -1.50. The Bertz CT molecular complexity index is 2180. The predicted octanol–water partition coefficient (Wildman–Crippen LogP) is 3.47. The van der Waals surface area contributed by atoms with Crippen LogP contribution in [0.25, 0.3) is 34.3 Å². The van der Waals surface area contributed by atoms with Gasteiger partial charge in [-0.1, -0.05) is 13.8 Å². The molecule has 0 bridgehead atoms. The Morgan fingerprint density at radius 2 is 1.14 bits per heavy atom. The molecule has 1 N–H and O–H groups in total. The fourth-order valence-electron chi connectivity index (χ4n) is 4.48. The fraction of sp³-hybridized carbons (Fsp3) is 0.226. The first-order chi connectivity index (χ1) is 23.5. The minimum atomic E-state index is -0.984. The van der Waals surface area contributed by atoms with Crippen molar-refractivity contribution in [1.29, 1.82) is 0 Å². The van der Waals surface area contributed by atoms with Crippen molar-refractivity contribution in [3.05, 3.63) is 94.6 Å². The molecule has 254 valence electrons. The minimum absolute atomic E-state index is 0.176. The lowest BCUT2D eigenvalue weighted by Gasteiger charge is -2.05. The highest BCUT2D eigenvalue weighted by Crippen LogP contribution is 2.22. The number of nitrogens with zero attached hydrogens (tertiary/aromatic N) is 8. The van der Waals surface area contributed by atoms with Gasteiger partial charge in [-0.05, 0) is 85.3 Å². The maximum atomic E-state index is 11.6. The van der Waals surface area contributed by atoms with E-state index in [0.29, 0.717) is 35.0 Å². The Morgan fingerprint density at radius 1 is 0.735 bits per heavy atom. The van der Waals surface area contributed by atoms with E-state index in [1.807, 2.05) is 64.4 Å². The first-order valence-electron chi connectivity index (χ1n) is 14.3. The van der Waals surface area contributed by atoms with Crippen molar-refractivity contribution in [2.75, 3.05) is 7.11 Å². The van der Waals surface area contributed by atoms with Crippen molar-refractivity contribution in [3.63, 3.8) is 0 Å². The smallest absolute Gasteiger partial charge is 0.339 e. The van der Waals surface area contributed by atoms with Gasteiger partial charge in [-0.2, -0.15) is 16.8 Å². The standard InChI is InChI=1S/C16H16N4O2.C15H14N4O2.2O2S/c1-4-11-8-12(16(21)22-3)9-17-14(11)15-18-13-7-10(2)5-6-20(13)19-15;1-3-10-7-11(15(20)21)8-16-13(10)14-17-12-6-9(2)4-5-19(12)18-14;2*1-3-2/h5-9H,4H2,1-3H3;4-8H,3H2,1-2H3,(H,20,21);;. The van der Waals surface area contributed by atoms with Gasteiger partial charge in [-0.3, -0.25) is 9.97 Å². The van der Waals surface area contributed by atoms with Crippen LogP contribution in [0.15, 0.2) is 61.2 Å². The Balaban J connectivity index is 0.000000229. The van der Waals surface area contributed by atoms with E-state index in [0.717, 1.165) is 40.0 Å². The molecule has 0 radical (unpaired) electrons. The number of aromatic nitrogens is 8. The third kappa shape index (κ3) is 9.58. The second-order valence-electron chi connectivity index (χ2n) is 9.99. The van der Waals surface area contributed by atoms with Crippen LogP contribution in [0.1, 0.15) is 56.8 Å². The first kappa shape index (κ1) is 37.6. The second-order valence-corrected chi connectivity index (χ2v) is 10.3. The number of carbonyl (C=O) groups excluding carboxylic acids is 1. The number of carbonyl (C=O) groups is 2. The van der Waals surface area contributed by atoms with E-state index >= 15 is 0 Å². The summed E-state index contributed by atoms with van der Waals surface area (Å²) in [5.74, 6) is -0.317. The Morgan fingerprint density at radius 3 is 1.53 bits per heavy atom. The molecular formula is C31H30N8O8S2. The third-order valence-corrected chi connectivity index (χ3v) is 6.77. The van der Waals surface area contributed by atoms with Crippen LogP contribution in [-0.4, -0.2) is 80.2 Å². The van der Waals surface area contributed by atoms with Crippen molar-refractivity contribution in [2.24, 2.45) is 0 Å². The molecule has 16 nitrogen and oxygen atoms in total. The molecule has 0 aliphatic rings. The van der Waals surface area contributed by atoms with Crippen LogP contribution in [0.5, 0.6) is 0 Å². The molecule has 0 spiro atoms. The SMILES string of the molecule is CCc1cc(C(=O)O)cnc1-c1nc2cc(C)ccn2n1.CCc1cc(C(=O)OC)cnc1-c1nc2cc(C)ccn2n1.O=S=O.O=S=O. The zero-order chi connectivity index (χ0) is 36.1.